The van der Waals surface area contributed by atoms with Gasteiger partial charge in [-0.2, -0.15) is 11.8 Å². The molecule has 1 saturated heterocycles. The van der Waals surface area contributed by atoms with E-state index >= 15 is 0 Å². The van der Waals surface area contributed by atoms with Gasteiger partial charge in [-0.25, -0.2) is 0 Å². The number of unbranched alkanes of at least 4 members (excludes halogenated alkanes) is 1. The van der Waals surface area contributed by atoms with Gasteiger partial charge in [-0.15, -0.1) is 0 Å². The van der Waals surface area contributed by atoms with Gasteiger partial charge < -0.3 is 10.6 Å². The van der Waals surface area contributed by atoms with E-state index in [1.165, 1.54) is 24.9 Å². The van der Waals surface area contributed by atoms with Crippen LogP contribution in [0.15, 0.2) is 30.3 Å². The second kappa shape index (κ2) is 6.67. The maximum Gasteiger partial charge on any atom is 0.0624 e. The van der Waals surface area contributed by atoms with E-state index in [9.17, 15) is 0 Å². The van der Waals surface area contributed by atoms with Crippen molar-refractivity contribution in [3.8, 4) is 0 Å². The molecule has 2 unspecified atom stereocenters. The molecule has 0 spiro atoms. The van der Waals surface area contributed by atoms with E-state index in [-0.39, 0.29) is 5.54 Å². The van der Waals surface area contributed by atoms with Crippen LogP contribution in [0.5, 0.6) is 0 Å². The fourth-order valence-corrected chi connectivity index (χ4v) is 4.37. The second-order valence-corrected chi connectivity index (χ2v) is 7.02. The molecule has 2 nitrogen and oxygen atoms in total. The first-order valence-corrected chi connectivity index (χ1v) is 8.41. The molecule has 1 aliphatic heterocycles. The van der Waals surface area contributed by atoms with Crippen molar-refractivity contribution >= 4 is 17.4 Å². The zero-order valence-electron chi connectivity index (χ0n) is 12.1. The number of rotatable bonds is 6. The maximum absolute atomic E-state index is 6.19. The summed E-state index contributed by atoms with van der Waals surface area (Å²) in [6.45, 7) is 6.45. The van der Waals surface area contributed by atoms with Crippen molar-refractivity contribution < 1.29 is 0 Å². The first-order chi connectivity index (χ1) is 9.22. The average Bonchev–Trinajstić information content (AvgIpc) is 2.83. The lowest BCUT2D eigenvalue weighted by molar-refractivity contribution is 0.419. The molecular formula is C16H26N2S. The third-order valence-corrected chi connectivity index (χ3v) is 5.50. The Hall–Kier alpha value is -0.670. The van der Waals surface area contributed by atoms with E-state index in [1.807, 2.05) is 0 Å². The lowest BCUT2D eigenvalue weighted by Gasteiger charge is -2.42. The van der Waals surface area contributed by atoms with E-state index in [4.69, 9.17) is 5.73 Å². The van der Waals surface area contributed by atoms with Crippen molar-refractivity contribution in [3.05, 3.63) is 30.3 Å². The minimum absolute atomic E-state index is 0.153. The number of hydrogen-bond donors (Lipinski definition) is 1. The molecule has 2 rings (SSSR count). The SMILES string of the molecule is CCCCN(c1ccccc1)C1(CN)CSC(C)C1. The summed E-state index contributed by atoms with van der Waals surface area (Å²) in [6.07, 6.45) is 3.66. The number of benzene rings is 1. The van der Waals surface area contributed by atoms with Gasteiger partial charge in [-0.05, 0) is 25.0 Å². The van der Waals surface area contributed by atoms with Crippen LogP contribution in [0.4, 0.5) is 5.69 Å². The van der Waals surface area contributed by atoms with Gasteiger partial charge in [0.05, 0.1) is 5.54 Å². The van der Waals surface area contributed by atoms with Crippen LogP contribution in [0.2, 0.25) is 0 Å². The Morgan fingerprint density at radius 3 is 2.63 bits per heavy atom. The number of para-hydroxylation sites is 1. The largest absolute Gasteiger partial charge is 0.364 e. The lowest BCUT2D eigenvalue weighted by atomic mass is 9.92. The smallest absolute Gasteiger partial charge is 0.0624 e. The third kappa shape index (κ3) is 3.26. The van der Waals surface area contributed by atoms with Crippen molar-refractivity contribution in [1.82, 2.24) is 0 Å². The van der Waals surface area contributed by atoms with Crippen LogP contribution in [-0.4, -0.2) is 29.6 Å². The van der Waals surface area contributed by atoms with Crippen molar-refractivity contribution in [2.24, 2.45) is 5.73 Å². The van der Waals surface area contributed by atoms with Gasteiger partial charge >= 0.3 is 0 Å². The summed E-state index contributed by atoms with van der Waals surface area (Å²) in [7, 11) is 0. The van der Waals surface area contributed by atoms with Crippen molar-refractivity contribution in [1.29, 1.82) is 0 Å². The summed E-state index contributed by atoms with van der Waals surface area (Å²) >= 11 is 2.06. The number of thioether (sulfide) groups is 1. The summed E-state index contributed by atoms with van der Waals surface area (Å²) in [5.74, 6) is 1.16. The lowest BCUT2D eigenvalue weighted by Crippen LogP contribution is -2.55. The first-order valence-electron chi connectivity index (χ1n) is 7.36. The highest BCUT2D eigenvalue weighted by Crippen LogP contribution is 2.40. The minimum atomic E-state index is 0.153. The molecule has 106 valence electrons. The molecule has 3 heteroatoms. The Morgan fingerprint density at radius 1 is 1.37 bits per heavy atom. The zero-order valence-corrected chi connectivity index (χ0v) is 13.0. The van der Waals surface area contributed by atoms with Crippen LogP contribution >= 0.6 is 11.8 Å². The van der Waals surface area contributed by atoms with E-state index in [0.717, 1.165) is 24.1 Å². The Bertz CT molecular complexity index is 382. The average molecular weight is 278 g/mol. The Kier molecular flexibility index (Phi) is 5.17. The fourth-order valence-electron chi connectivity index (χ4n) is 2.96. The summed E-state index contributed by atoms with van der Waals surface area (Å²) in [6, 6.07) is 10.8. The number of nitrogens with two attached hydrogens (primary N) is 1. The third-order valence-electron chi connectivity index (χ3n) is 4.06. The predicted octanol–water partition coefficient (Wildman–Crippen LogP) is 3.52. The van der Waals surface area contributed by atoms with Crippen LogP contribution in [0.3, 0.4) is 0 Å². The molecule has 0 amide bonds. The van der Waals surface area contributed by atoms with Crippen LogP contribution in [0.25, 0.3) is 0 Å². The fraction of sp³-hybridized carbons (Fsp3) is 0.625. The summed E-state index contributed by atoms with van der Waals surface area (Å²) < 4.78 is 0. The Labute approximate surface area is 121 Å². The highest BCUT2D eigenvalue weighted by atomic mass is 32.2. The van der Waals surface area contributed by atoms with E-state index in [1.54, 1.807) is 0 Å². The molecule has 0 bridgehead atoms. The van der Waals surface area contributed by atoms with Gasteiger partial charge in [0, 0.05) is 29.8 Å². The highest BCUT2D eigenvalue weighted by molar-refractivity contribution is 8.00. The summed E-state index contributed by atoms with van der Waals surface area (Å²) in [5, 5.41) is 0.719. The normalized spacial score (nSPS) is 26.6. The molecule has 0 saturated carbocycles. The molecule has 19 heavy (non-hydrogen) atoms. The summed E-state index contributed by atoms with van der Waals surface area (Å²) in [5.41, 5.74) is 7.67. The molecule has 0 aliphatic carbocycles. The molecule has 1 fully saturated rings. The number of hydrogen-bond acceptors (Lipinski definition) is 3. The molecule has 0 aromatic heterocycles. The summed E-state index contributed by atoms with van der Waals surface area (Å²) in [4.78, 5) is 2.58. The second-order valence-electron chi connectivity index (χ2n) is 5.59. The molecule has 1 aliphatic rings. The Morgan fingerprint density at radius 2 is 2.11 bits per heavy atom. The number of anilines is 1. The van der Waals surface area contributed by atoms with Gasteiger partial charge in [-0.3, -0.25) is 0 Å². The molecular weight excluding hydrogens is 252 g/mol. The van der Waals surface area contributed by atoms with Gasteiger partial charge in [0.15, 0.2) is 0 Å². The van der Waals surface area contributed by atoms with Gasteiger partial charge in [0.2, 0.25) is 0 Å². The molecule has 0 radical (unpaired) electrons. The zero-order chi connectivity index (χ0) is 13.7. The molecule has 1 heterocycles. The maximum atomic E-state index is 6.19. The quantitative estimate of drug-likeness (QED) is 0.863. The number of nitrogens with zero attached hydrogens (tertiary/aromatic N) is 1. The topological polar surface area (TPSA) is 29.3 Å². The molecule has 1 aromatic rings. The van der Waals surface area contributed by atoms with Crippen LogP contribution in [0.1, 0.15) is 33.1 Å². The van der Waals surface area contributed by atoms with Crippen LogP contribution in [0, 0.1) is 0 Å². The highest BCUT2D eigenvalue weighted by Gasteiger charge is 2.41. The van der Waals surface area contributed by atoms with E-state index < -0.39 is 0 Å². The molecule has 1 aromatic carbocycles. The van der Waals surface area contributed by atoms with Crippen molar-refractivity contribution in [3.63, 3.8) is 0 Å². The van der Waals surface area contributed by atoms with Gasteiger partial charge in [0.1, 0.15) is 0 Å². The standard InChI is InChI=1S/C16H26N2S/c1-3-4-10-18(15-8-6-5-7-9-15)16(12-17)11-14(2)19-13-16/h5-9,14H,3-4,10-13,17H2,1-2H3. The van der Waals surface area contributed by atoms with Crippen molar-refractivity contribution in [2.45, 2.75) is 43.9 Å². The van der Waals surface area contributed by atoms with E-state index in [2.05, 4.69) is 60.8 Å². The predicted molar refractivity (Wildman–Crippen MR) is 87.0 cm³/mol. The van der Waals surface area contributed by atoms with Gasteiger partial charge in [0.25, 0.3) is 0 Å². The molecule has 2 atom stereocenters. The van der Waals surface area contributed by atoms with Crippen molar-refractivity contribution in [2.75, 3.05) is 23.7 Å². The molecule has 2 N–H and O–H groups in total. The Balaban J connectivity index is 2.26. The van der Waals surface area contributed by atoms with E-state index in [0.29, 0.717) is 0 Å². The minimum Gasteiger partial charge on any atom is -0.364 e. The van der Waals surface area contributed by atoms with Crippen LogP contribution in [-0.2, 0) is 0 Å². The first kappa shape index (κ1) is 14.7. The van der Waals surface area contributed by atoms with Crippen LogP contribution < -0.4 is 10.6 Å². The van der Waals surface area contributed by atoms with Gasteiger partial charge in [-0.1, -0.05) is 38.5 Å². The monoisotopic (exact) mass is 278 g/mol.